The molecule has 1 fully saturated rings. The minimum Gasteiger partial charge on any atom is -0.343 e. The first-order chi connectivity index (χ1) is 15.3. The number of fused-ring (bicyclic) bond motifs is 1. The number of likely N-dealkylation sites (tertiary alicyclic amines) is 1. The van der Waals surface area contributed by atoms with Gasteiger partial charge in [0.2, 0.25) is 5.91 Å². The van der Waals surface area contributed by atoms with Crippen LogP contribution in [0.3, 0.4) is 0 Å². The van der Waals surface area contributed by atoms with E-state index < -0.39 is 9.84 Å². The van der Waals surface area contributed by atoms with Gasteiger partial charge in [-0.1, -0.05) is 23.7 Å². The number of halogens is 1. The summed E-state index contributed by atoms with van der Waals surface area (Å²) in [5, 5.41) is 2.31. The number of hydrogen-bond acceptors (Lipinski definition) is 4. The SMILES string of the molecule is Cn1cncc1CCC1CCN(C(=O)CCS(=O)(=O)c2ccc3cc(Cl)ccc3c2)CC1. The lowest BCUT2D eigenvalue weighted by Gasteiger charge is -2.32. The van der Waals surface area contributed by atoms with Crippen LogP contribution in [0.5, 0.6) is 0 Å². The van der Waals surface area contributed by atoms with Crippen LogP contribution >= 0.6 is 11.6 Å². The first-order valence-corrected chi connectivity index (χ1v) is 13.0. The topological polar surface area (TPSA) is 72.3 Å². The molecule has 1 amide bonds. The molecule has 0 bridgehead atoms. The molecule has 2 aromatic carbocycles. The highest BCUT2D eigenvalue weighted by atomic mass is 35.5. The van der Waals surface area contributed by atoms with Gasteiger partial charge in [0.15, 0.2) is 9.84 Å². The Morgan fingerprint density at radius 3 is 2.56 bits per heavy atom. The van der Waals surface area contributed by atoms with E-state index in [2.05, 4.69) is 4.98 Å². The minimum absolute atomic E-state index is 0.0146. The number of carbonyl (C=O) groups excluding carboxylic acids is 1. The molecule has 0 saturated carbocycles. The lowest BCUT2D eigenvalue weighted by Crippen LogP contribution is -2.39. The zero-order valence-electron chi connectivity index (χ0n) is 18.2. The Bertz CT molecular complexity index is 1210. The normalized spacial score (nSPS) is 15.4. The predicted octanol–water partition coefficient (Wildman–Crippen LogP) is 4.26. The predicted molar refractivity (Wildman–Crippen MR) is 126 cm³/mol. The minimum atomic E-state index is -3.53. The molecule has 3 aromatic rings. The van der Waals surface area contributed by atoms with Crippen molar-refractivity contribution in [3.63, 3.8) is 0 Å². The van der Waals surface area contributed by atoms with E-state index in [-0.39, 0.29) is 23.0 Å². The van der Waals surface area contributed by atoms with Gasteiger partial charge in [0.05, 0.1) is 17.0 Å². The van der Waals surface area contributed by atoms with Gasteiger partial charge >= 0.3 is 0 Å². The van der Waals surface area contributed by atoms with Gasteiger partial charge in [-0.25, -0.2) is 13.4 Å². The maximum atomic E-state index is 12.8. The quantitative estimate of drug-likeness (QED) is 0.514. The number of amides is 1. The van der Waals surface area contributed by atoms with Crippen molar-refractivity contribution in [2.24, 2.45) is 13.0 Å². The molecule has 8 heteroatoms. The number of carbonyl (C=O) groups is 1. The van der Waals surface area contributed by atoms with Crippen LogP contribution in [0.1, 0.15) is 31.4 Å². The van der Waals surface area contributed by atoms with Crippen LogP contribution in [-0.2, 0) is 28.1 Å². The second-order valence-corrected chi connectivity index (χ2v) is 11.1. The van der Waals surface area contributed by atoms with Crippen LogP contribution in [-0.4, -0.2) is 47.6 Å². The summed E-state index contributed by atoms with van der Waals surface area (Å²) in [6.07, 6.45) is 7.74. The maximum Gasteiger partial charge on any atom is 0.223 e. The fraction of sp³-hybridized carbons (Fsp3) is 0.417. The van der Waals surface area contributed by atoms with Gasteiger partial charge in [0.1, 0.15) is 0 Å². The lowest BCUT2D eigenvalue weighted by atomic mass is 9.91. The summed E-state index contributed by atoms with van der Waals surface area (Å²) >= 11 is 6.00. The van der Waals surface area contributed by atoms with Gasteiger partial charge in [-0.15, -0.1) is 0 Å². The average molecular weight is 474 g/mol. The zero-order valence-corrected chi connectivity index (χ0v) is 19.8. The standard InChI is InChI=1S/C24H28ClN3O3S/c1-27-17-26-16-22(27)6-2-18-8-11-28(12-9-18)24(29)10-13-32(30,31)23-7-4-19-14-21(25)5-3-20(19)15-23/h3-5,7,14-18H,2,6,8-13H2,1H3. The van der Waals surface area contributed by atoms with Crippen LogP contribution in [0.15, 0.2) is 53.8 Å². The summed E-state index contributed by atoms with van der Waals surface area (Å²) in [6, 6.07) is 10.3. The number of imidazole rings is 1. The number of aryl methyl sites for hydroxylation is 2. The highest BCUT2D eigenvalue weighted by molar-refractivity contribution is 7.91. The first-order valence-electron chi connectivity index (χ1n) is 11.0. The Morgan fingerprint density at radius 2 is 1.84 bits per heavy atom. The van der Waals surface area contributed by atoms with Crippen molar-refractivity contribution in [2.45, 2.75) is 37.0 Å². The summed E-state index contributed by atoms with van der Waals surface area (Å²) in [5.74, 6) is 0.334. The van der Waals surface area contributed by atoms with Crippen LogP contribution < -0.4 is 0 Å². The van der Waals surface area contributed by atoms with E-state index in [1.165, 1.54) is 5.69 Å². The summed E-state index contributed by atoms with van der Waals surface area (Å²) in [6.45, 7) is 1.40. The van der Waals surface area contributed by atoms with Gasteiger partial charge in [-0.2, -0.15) is 0 Å². The van der Waals surface area contributed by atoms with Gasteiger partial charge in [-0.3, -0.25) is 4.79 Å². The molecule has 1 aliphatic heterocycles. The van der Waals surface area contributed by atoms with E-state index in [0.717, 1.165) is 36.5 Å². The molecule has 4 rings (SSSR count). The molecule has 0 N–H and O–H groups in total. The number of benzene rings is 2. The zero-order chi connectivity index (χ0) is 22.7. The van der Waals surface area contributed by atoms with Crippen molar-refractivity contribution < 1.29 is 13.2 Å². The number of nitrogens with zero attached hydrogens (tertiary/aromatic N) is 3. The van der Waals surface area contributed by atoms with Crippen molar-refractivity contribution in [1.29, 1.82) is 0 Å². The Labute approximate surface area is 194 Å². The van der Waals surface area contributed by atoms with E-state index in [1.807, 2.05) is 29.0 Å². The summed E-state index contributed by atoms with van der Waals surface area (Å²) in [5.41, 5.74) is 1.23. The monoisotopic (exact) mass is 473 g/mol. The van der Waals surface area contributed by atoms with E-state index in [9.17, 15) is 13.2 Å². The highest BCUT2D eigenvalue weighted by Crippen LogP contribution is 2.25. The smallest absolute Gasteiger partial charge is 0.223 e. The second kappa shape index (κ2) is 9.63. The van der Waals surface area contributed by atoms with Crippen LogP contribution in [0, 0.1) is 5.92 Å². The molecular weight excluding hydrogens is 446 g/mol. The molecular formula is C24H28ClN3O3S. The van der Waals surface area contributed by atoms with Gasteiger partial charge in [0.25, 0.3) is 0 Å². The molecule has 2 heterocycles. The number of hydrogen-bond donors (Lipinski definition) is 0. The van der Waals surface area contributed by atoms with Gasteiger partial charge in [-0.05, 0) is 66.6 Å². The summed E-state index contributed by atoms with van der Waals surface area (Å²) in [7, 11) is -1.53. The largest absolute Gasteiger partial charge is 0.343 e. The van der Waals surface area contributed by atoms with E-state index in [0.29, 0.717) is 24.0 Å². The Balaban J connectivity index is 1.28. The van der Waals surface area contributed by atoms with Crippen LogP contribution in [0.25, 0.3) is 10.8 Å². The Kier molecular flexibility index (Phi) is 6.86. The van der Waals surface area contributed by atoms with E-state index >= 15 is 0 Å². The Hall–Kier alpha value is -2.38. The molecule has 0 radical (unpaired) electrons. The van der Waals surface area contributed by atoms with Crippen molar-refractivity contribution in [3.8, 4) is 0 Å². The highest BCUT2D eigenvalue weighted by Gasteiger charge is 2.25. The molecule has 0 atom stereocenters. The van der Waals surface area contributed by atoms with Crippen LogP contribution in [0.4, 0.5) is 0 Å². The molecule has 170 valence electrons. The third-order valence-corrected chi connectivity index (χ3v) is 8.36. The lowest BCUT2D eigenvalue weighted by molar-refractivity contribution is -0.132. The molecule has 0 aliphatic carbocycles. The molecule has 32 heavy (non-hydrogen) atoms. The fourth-order valence-electron chi connectivity index (χ4n) is 4.33. The summed E-state index contributed by atoms with van der Waals surface area (Å²) in [4.78, 5) is 18.9. The first kappa shape index (κ1) is 22.8. The second-order valence-electron chi connectivity index (χ2n) is 8.58. The van der Waals surface area contributed by atoms with Crippen molar-refractivity contribution in [1.82, 2.24) is 14.5 Å². The molecule has 6 nitrogen and oxygen atoms in total. The van der Waals surface area contributed by atoms with Gasteiger partial charge < -0.3 is 9.47 Å². The number of aromatic nitrogens is 2. The third-order valence-electron chi connectivity index (χ3n) is 6.41. The number of sulfone groups is 1. The molecule has 0 unspecified atom stereocenters. The van der Waals surface area contributed by atoms with Crippen molar-refractivity contribution in [3.05, 3.63) is 59.6 Å². The fourth-order valence-corrected chi connectivity index (χ4v) is 5.78. The summed E-state index contributed by atoms with van der Waals surface area (Å²) < 4.78 is 27.7. The molecule has 0 spiro atoms. The van der Waals surface area contributed by atoms with E-state index in [1.54, 1.807) is 36.4 Å². The molecule has 1 aromatic heterocycles. The van der Waals surface area contributed by atoms with Crippen LogP contribution in [0.2, 0.25) is 5.02 Å². The maximum absolute atomic E-state index is 12.8. The van der Waals surface area contributed by atoms with E-state index in [4.69, 9.17) is 11.6 Å². The van der Waals surface area contributed by atoms with Crippen molar-refractivity contribution in [2.75, 3.05) is 18.8 Å². The number of piperidine rings is 1. The van der Waals surface area contributed by atoms with Crippen molar-refractivity contribution >= 4 is 38.1 Å². The molecule has 1 saturated heterocycles. The number of rotatable bonds is 7. The third kappa shape index (κ3) is 5.33. The Morgan fingerprint density at radius 1 is 1.12 bits per heavy atom. The molecule has 1 aliphatic rings. The average Bonchev–Trinajstić information content (AvgIpc) is 3.20. The van der Waals surface area contributed by atoms with Gasteiger partial charge in [0, 0.05) is 43.5 Å².